The molecule has 0 spiro atoms. The lowest BCUT2D eigenvalue weighted by Crippen LogP contribution is -2.25. The highest BCUT2D eigenvalue weighted by atomic mass is 31.2. The summed E-state index contributed by atoms with van der Waals surface area (Å²) in [6.45, 7) is 4.31. The summed E-state index contributed by atoms with van der Waals surface area (Å²) in [5.41, 5.74) is 2.41. The first-order chi connectivity index (χ1) is 8.51. The van der Waals surface area contributed by atoms with Crippen molar-refractivity contribution in [3.8, 4) is 5.75 Å². The summed E-state index contributed by atoms with van der Waals surface area (Å²) in [7, 11) is -2.35. The highest BCUT2D eigenvalue weighted by molar-refractivity contribution is 7.39. The Labute approximate surface area is 110 Å². The molecule has 0 unspecified atom stereocenters. The average Bonchev–Trinajstić information content (AvgIpc) is 2.32. The van der Waals surface area contributed by atoms with Gasteiger partial charge in [0.2, 0.25) is 0 Å². The molecule has 2 N–H and O–H groups in total. The lowest BCUT2D eigenvalue weighted by molar-refractivity contribution is 0.308. The number of aryl methyl sites for hydroxylation is 1. The van der Waals surface area contributed by atoms with Crippen LogP contribution in [0.25, 0.3) is 0 Å². The Morgan fingerprint density at radius 2 is 1.83 bits per heavy atom. The van der Waals surface area contributed by atoms with Crippen LogP contribution in [0, 0.1) is 6.92 Å². The predicted molar refractivity (Wildman–Crippen MR) is 73.6 cm³/mol. The molecule has 0 aromatic heterocycles. The smallest absolute Gasteiger partial charge is 0.391 e. The normalized spacial score (nSPS) is 18.9. The van der Waals surface area contributed by atoms with Gasteiger partial charge in [-0.05, 0) is 31.2 Å². The van der Waals surface area contributed by atoms with Crippen molar-refractivity contribution in [1.29, 1.82) is 0 Å². The van der Waals surface area contributed by atoms with Gasteiger partial charge in [-0.2, -0.15) is 0 Å². The van der Waals surface area contributed by atoms with Gasteiger partial charge in [-0.1, -0.05) is 43.9 Å². The summed E-state index contributed by atoms with van der Waals surface area (Å²) in [6.07, 6.45) is 6.04. The van der Waals surface area contributed by atoms with Crippen LogP contribution in [0.2, 0.25) is 0 Å². The molecule has 0 bridgehead atoms. The molecular formula is C14H21O3P. The van der Waals surface area contributed by atoms with E-state index in [1.807, 2.05) is 12.1 Å². The van der Waals surface area contributed by atoms with E-state index in [1.165, 1.54) is 24.8 Å². The molecule has 2 rings (SSSR count). The van der Waals surface area contributed by atoms with Crippen molar-refractivity contribution < 1.29 is 14.3 Å². The van der Waals surface area contributed by atoms with Crippen LogP contribution in [0.5, 0.6) is 5.75 Å². The van der Waals surface area contributed by atoms with Crippen molar-refractivity contribution >= 4 is 8.60 Å². The van der Waals surface area contributed by atoms with E-state index in [1.54, 1.807) is 0 Å². The Hall–Kier alpha value is -0.630. The van der Waals surface area contributed by atoms with Crippen LogP contribution in [-0.2, 0) is 5.41 Å². The molecule has 0 heterocycles. The summed E-state index contributed by atoms with van der Waals surface area (Å²) >= 11 is 0. The second kappa shape index (κ2) is 5.56. The van der Waals surface area contributed by atoms with E-state index in [2.05, 4.69) is 19.9 Å². The van der Waals surface area contributed by atoms with E-state index < -0.39 is 8.60 Å². The van der Waals surface area contributed by atoms with Gasteiger partial charge in [0, 0.05) is 5.56 Å². The molecule has 1 aliphatic rings. The molecule has 1 aliphatic carbocycles. The third-order valence-corrected chi connectivity index (χ3v) is 4.28. The Bertz CT molecular complexity index is 412. The number of hydrogen-bond acceptors (Lipinski definition) is 3. The van der Waals surface area contributed by atoms with Crippen LogP contribution in [0.3, 0.4) is 0 Å². The van der Waals surface area contributed by atoms with Crippen molar-refractivity contribution in [2.45, 2.75) is 51.4 Å². The maximum atomic E-state index is 9.08. The van der Waals surface area contributed by atoms with Gasteiger partial charge in [-0.25, -0.2) is 0 Å². The van der Waals surface area contributed by atoms with E-state index in [9.17, 15) is 0 Å². The molecule has 0 saturated heterocycles. The number of benzene rings is 1. The Balaban J connectivity index is 2.37. The molecule has 100 valence electrons. The topological polar surface area (TPSA) is 49.7 Å². The quantitative estimate of drug-likeness (QED) is 0.820. The molecule has 1 fully saturated rings. The summed E-state index contributed by atoms with van der Waals surface area (Å²) < 4.78 is 5.19. The maximum absolute atomic E-state index is 9.08. The fraction of sp³-hybridized carbons (Fsp3) is 0.571. The van der Waals surface area contributed by atoms with Gasteiger partial charge in [0.05, 0.1) is 0 Å². The fourth-order valence-electron chi connectivity index (χ4n) is 2.88. The van der Waals surface area contributed by atoms with Crippen molar-refractivity contribution in [2.75, 3.05) is 0 Å². The summed E-state index contributed by atoms with van der Waals surface area (Å²) in [5, 5.41) is 0. The van der Waals surface area contributed by atoms with E-state index >= 15 is 0 Å². The van der Waals surface area contributed by atoms with Crippen LogP contribution in [0.15, 0.2) is 18.2 Å². The number of rotatable bonds is 3. The zero-order valence-electron chi connectivity index (χ0n) is 11.0. The zero-order chi connectivity index (χ0) is 13.2. The summed E-state index contributed by atoms with van der Waals surface area (Å²) in [6, 6.07) is 5.93. The molecule has 0 radical (unpaired) electrons. The highest BCUT2D eigenvalue weighted by Crippen LogP contribution is 2.45. The van der Waals surface area contributed by atoms with E-state index in [-0.39, 0.29) is 5.41 Å². The summed E-state index contributed by atoms with van der Waals surface area (Å²) in [5.74, 6) is 0.626. The molecule has 18 heavy (non-hydrogen) atoms. The molecule has 1 saturated carbocycles. The molecule has 0 amide bonds. The minimum atomic E-state index is -2.35. The maximum Gasteiger partial charge on any atom is 0.391 e. The molecule has 1 aromatic carbocycles. The standard InChI is InChI=1S/C14H21O3P/c1-11-6-7-13(17-18(15)16)12(10-11)14(2)8-4-3-5-9-14/h6-7,10,15-16H,3-5,8-9H2,1-2H3. The van der Waals surface area contributed by atoms with Crippen molar-refractivity contribution in [3.63, 3.8) is 0 Å². The Kier molecular flexibility index (Phi) is 4.26. The molecule has 1 aromatic rings. The average molecular weight is 268 g/mol. The van der Waals surface area contributed by atoms with Gasteiger partial charge < -0.3 is 14.3 Å². The molecule has 0 atom stereocenters. The minimum absolute atomic E-state index is 0.102. The molecule has 3 nitrogen and oxygen atoms in total. The van der Waals surface area contributed by atoms with Gasteiger partial charge in [0.1, 0.15) is 5.75 Å². The SMILES string of the molecule is Cc1ccc(OP(O)O)c(C2(C)CCCCC2)c1. The molecule has 0 aliphatic heterocycles. The lowest BCUT2D eigenvalue weighted by Gasteiger charge is -2.35. The second-order valence-electron chi connectivity index (χ2n) is 5.46. The van der Waals surface area contributed by atoms with Gasteiger partial charge in [-0.15, -0.1) is 0 Å². The van der Waals surface area contributed by atoms with Crippen LogP contribution < -0.4 is 4.52 Å². The zero-order valence-corrected chi connectivity index (χ0v) is 11.9. The Morgan fingerprint density at radius 1 is 1.17 bits per heavy atom. The highest BCUT2D eigenvalue weighted by Gasteiger charge is 2.32. The van der Waals surface area contributed by atoms with Crippen molar-refractivity contribution in [1.82, 2.24) is 0 Å². The van der Waals surface area contributed by atoms with E-state index in [0.717, 1.165) is 18.4 Å². The lowest BCUT2D eigenvalue weighted by atomic mass is 9.70. The minimum Gasteiger partial charge on any atom is -0.427 e. The largest absolute Gasteiger partial charge is 0.427 e. The molecular weight excluding hydrogens is 247 g/mol. The van der Waals surface area contributed by atoms with Crippen LogP contribution in [-0.4, -0.2) is 9.79 Å². The van der Waals surface area contributed by atoms with Gasteiger partial charge in [-0.3, -0.25) is 0 Å². The van der Waals surface area contributed by atoms with Crippen LogP contribution in [0.4, 0.5) is 0 Å². The first-order valence-corrected chi connectivity index (χ1v) is 7.65. The number of hydrogen-bond donors (Lipinski definition) is 2. The predicted octanol–water partition coefficient (Wildman–Crippen LogP) is 3.81. The second-order valence-corrected chi connectivity index (χ2v) is 6.15. The van der Waals surface area contributed by atoms with E-state index in [4.69, 9.17) is 14.3 Å². The first kappa shape index (κ1) is 13.8. The van der Waals surface area contributed by atoms with Crippen LogP contribution >= 0.6 is 8.60 Å². The van der Waals surface area contributed by atoms with Crippen molar-refractivity contribution in [2.24, 2.45) is 0 Å². The van der Waals surface area contributed by atoms with E-state index in [0.29, 0.717) is 5.75 Å². The third-order valence-electron chi connectivity index (χ3n) is 3.92. The van der Waals surface area contributed by atoms with Crippen molar-refractivity contribution in [3.05, 3.63) is 29.3 Å². The molecule has 4 heteroatoms. The summed E-state index contributed by atoms with van der Waals surface area (Å²) in [4.78, 5) is 18.2. The first-order valence-electron chi connectivity index (χ1n) is 6.48. The van der Waals surface area contributed by atoms with Gasteiger partial charge in [0.25, 0.3) is 0 Å². The van der Waals surface area contributed by atoms with Gasteiger partial charge in [0.15, 0.2) is 0 Å². The Morgan fingerprint density at radius 3 is 2.44 bits per heavy atom. The third kappa shape index (κ3) is 3.03. The monoisotopic (exact) mass is 268 g/mol. The van der Waals surface area contributed by atoms with Gasteiger partial charge >= 0.3 is 8.60 Å². The fourth-order valence-corrected chi connectivity index (χ4v) is 3.22. The van der Waals surface area contributed by atoms with Crippen LogP contribution in [0.1, 0.15) is 50.2 Å².